The van der Waals surface area contributed by atoms with Crippen LogP contribution in [0.15, 0.2) is 22.5 Å². The van der Waals surface area contributed by atoms with Crippen LogP contribution in [0.25, 0.3) is 0 Å². The number of thiophene rings is 1. The van der Waals surface area contributed by atoms with Crippen molar-refractivity contribution >= 4 is 41.3 Å². The zero-order valence-electron chi connectivity index (χ0n) is 13.7. The van der Waals surface area contributed by atoms with Gasteiger partial charge in [-0.25, -0.2) is 0 Å². The monoisotopic (exact) mass is 450 g/mol. The summed E-state index contributed by atoms with van der Waals surface area (Å²) in [6.45, 7) is 4.89. The molecule has 2 atom stereocenters. The van der Waals surface area contributed by atoms with Gasteiger partial charge in [-0.05, 0) is 37.3 Å². The Labute approximate surface area is 159 Å². The van der Waals surface area contributed by atoms with Crippen LogP contribution in [0.3, 0.4) is 0 Å². The maximum atomic E-state index is 5.96. The predicted molar refractivity (Wildman–Crippen MR) is 107 cm³/mol. The number of hydrogen-bond donors (Lipinski definition) is 2. The van der Waals surface area contributed by atoms with E-state index in [9.17, 15) is 0 Å². The molecule has 1 aromatic rings. The van der Waals surface area contributed by atoms with Crippen LogP contribution in [0, 0.1) is 0 Å². The Balaban J connectivity index is 0.00000192. The predicted octanol–water partition coefficient (Wildman–Crippen LogP) is 1.94. The number of morpholine rings is 1. The molecule has 3 heterocycles. The highest BCUT2D eigenvalue weighted by atomic mass is 127. The largest absolute Gasteiger partial charge is 0.373 e. The van der Waals surface area contributed by atoms with Crippen LogP contribution in [0.1, 0.15) is 17.7 Å². The number of halogens is 1. The van der Waals surface area contributed by atoms with Gasteiger partial charge in [0.05, 0.1) is 12.7 Å². The van der Waals surface area contributed by atoms with Crippen molar-refractivity contribution in [1.29, 1.82) is 0 Å². The van der Waals surface area contributed by atoms with Crippen LogP contribution in [0.2, 0.25) is 0 Å². The van der Waals surface area contributed by atoms with Crippen LogP contribution in [-0.4, -0.2) is 62.8 Å². The van der Waals surface area contributed by atoms with E-state index in [0.717, 1.165) is 38.6 Å². The smallest absolute Gasteiger partial charge is 0.191 e. The van der Waals surface area contributed by atoms with Gasteiger partial charge in [-0.15, -0.1) is 35.3 Å². The molecule has 130 valence electrons. The third-order valence-electron chi connectivity index (χ3n) is 4.43. The van der Waals surface area contributed by atoms with Crippen molar-refractivity contribution in [2.75, 3.05) is 39.8 Å². The summed E-state index contributed by atoms with van der Waals surface area (Å²) < 4.78 is 5.96. The Morgan fingerprint density at radius 2 is 2.39 bits per heavy atom. The fraction of sp³-hybridized carbons (Fsp3) is 0.688. The van der Waals surface area contributed by atoms with Gasteiger partial charge in [0.2, 0.25) is 0 Å². The standard InChI is InChI=1S/C16H26N4OS.HI/c1-17-16(18-7-6-15-5-3-9-22-15)19-10-14-11-20-8-2-4-13(20)12-21-14;/h3,5,9,13-14H,2,4,6-8,10-12H2,1H3,(H2,17,18,19);1H. The zero-order chi connectivity index (χ0) is 15.2. The quantitative estimate of drug-likeness (QED) is 0.409. The van der Waals surface area contributed by atoms with Gasteiger partial charge in [-0.3, -0.25) is 9.89 Å². The molecule has 2 saturated heterocycles. The summed E-state index contributed by atoms with van der Waals surface area (Å²) in [5.41, 5.74) is 0. The molecule has 2 unspecified atom stereocenters. The van der Waals surface area contributed by atoms with Crippen molar-refractivity contribution in [3.05, 3.63) is 22.4 Å². The lowest BCUT2D eigenvalue weighted by molar-refractivity contribution is -0.0453. The number of guanidine groups is 1. The number of nitrogens with one attached hydrogen (secondary N) is 2. The molecule has 7 heteroatoms. The first-order valence-corrected chi connectivity index (χ1v) is 9.05. The Kier molecular flexibility index (Phi) is 8.08. The second kappa shape index (κ2) is 9.80. The van der Waals surface area contributed by atoms with Crippen LogP contribution in [0.4, 0.5) is 0 Å². The minimum atomic E-state index is 0. The summed E-state index contributed by atoms with van der Waals surface area (Å²) in [5.74, 6) is 0.865. The van der Waals surface area contributed by atoms with Crippen LogP contribution in [0.5, 0.6) is 0 Å². The van der Waals surface area contributed by atoms with Crippen molar-refractivity contribution in [3.8, 4) is 0 Å². The van der Waals surface area contributed by atoms with Crippen LogP contribution < -0.4 is 10.6 Å². The first-order chi connectivity index (χ1) is 10.8. The van der Waals surface area contributed by atoms with E-state index in [1.807, 2.05) is 7.05 Å². The van der Waals surface area contributed by atoms with Gasteiger partial charge < -0.3 is 15.4 Å². The highest BCUT2D eigenvalue weighted by Crippen LogP contribution is 2.22. The van der Waals surface area contributed by atoms with Crippen molar-refractivity contribution in [1.82, 2.24) is 15.5 Å². The molecule has 2 fully saturated rings. The van der Waals surface area contributed by atoms with Crippen LogP contribution >= 0.6 is 35.3 Å². The lowest BCUT2D eigenvalue weighted by Crippen LogP contribution is -2.51. The summed E-state index contributed by atoms with van der Waals surface area (Å²) in [4.78, 5) is 8.26. The topological polar surface area (TPSA) is 48.9 Å². The maximum Gasteiger partial charge on any atom is 0.191 e. The normalized spacial score (nSPS) is 24.8. The van der Waals surface area contributed by atoms with Crippen molar-refractivity contribution in [2.45, 2.75) is 31.4 Å². The zero-order valence-corrected chi connectivity index (χ0v) is 16.8. The van der Waals surface area contributed by atoms with Gasteiger partial charge in [0, 0.05) is 37.6 Å². The summed E-state index contributed by atoms with van der Waals surface area (Å²) in [6.07, 6.45) is 3.92. The molecule has 0 bridgehead atoms. The third kappa shape index (κ3) is 5.58. The maximum absolute atomic E-state index is 5.96. The number of rotatable bonds is 5. The molecule has 0 aliphatic carbocycles. The molecule has 23 heavy (non-hydrogen) atoms. The molecule has 2 aliphatic rings. The van der Waals surface area contributed by atoms with Gasteiger partial charge in [0.25, 0.3) is 0 Å². The lowest BCUT2D eigenvalue weighted by atomic mass is 10.2. The number of aliphatic imine (C=N–C) groups is 1. The molecule has 3 rings (SSSR count). The van der Waals surface area contributed by atoms with Crippen molar-refractivity contribution in [2.24, 2.45) is 4.99 Å². The Morgan fingerprint density at radius 1 is 1.48 bits per heavy atom. The second-order valence-corrected chi connectivity index (χ2v) is 6.99. The second-order valence-electron chi connectivity index (χ2n) is 5.96. The molecule has 0 aromatic carbocycles. The fourth-order valence-electron chi connectivity index (χ4n) is 3.20. The van der Waals surface area contributed by atoms with E-state index in [0.29, 0.717) is 6.04 Å². The molecular weight excluding hydrogens is 423 g/mol. The van der Waals surface area contributed by atoms with E-state index in [1.54, 1.807) is 11.3 Å². The van der Waals surface area contributed by atoms with Gasteiger partial charge in [0.15, 0.2) is 5.96 Å². The summed E-state index contributed by atoms with van der Waals surface area (Å²) in [6, 6.07) is 4.93. The van der Waals surface area contributed by atoms with E-state index >= 15 is 0 Å². The first kappa shape index (κ1) is 19.0. The summed E-state index contributed by atoms with van der Waals surface area (Å²) in [7, 11) is 1.82. The van der Waals surface area contributed by atoms with E-state index < -0.39 is 0 Å². The highest BCUT2D eigenvalue weighted by molar-refractivity contribution is 14.0. The van der Waals surface area contributed by atoms with Crippen molar-refractivity contribution in [3.63, 3.8) is 0 Å². The molecule has 0 spiro atoms. The first-order valence-electron chi connectivity index (χ1n) is 8.17. The average molecular weight is 450 g/mol. The molecule has 0 radical (unpaired) electrons. The third-order valence-corrected chi connectivity index (χ3v) is 5.36. The number of hydrogen-bond acceptors (Lipinski definition) is 4. The molecule has 2 aliphatic heterocycles. The summed E-state index contributed by atoms with van der Waals surface area (Å²) in [5, 5.41) is 8.88. The van der Waals surface area contributed by atoms with Crippen molar-refractivity contribution < 1.29 is 4.74 Å². The molecule has 2 N–H and O–H groups in total. The molecule has 0 amide bonds. The van der Waals surface area contributed by atoms with Gasteiger partial charge in [0.1, 0.15) is 0 Å². The Hall–Kier alpha value is -0.380. The average Bonchev–Trinajstić information content (AvgIpc) is 3.21. The molecular formula is C16H27IN4OS. The minimum absolute atomic E-state index is 0. The van der Waals surface area contributed by atoms with Gasteiger partial charge in [-0.1, -0.05) is 6.07 Å². The van der Waals surface area contributed by atoms with E-state index in [1.165, 1.54) is 24.3 Å². The Bertz CT molecular complexity index is 482. The molecule has 1 aromatic heterocycles. The molecule has 0 saturated carbocycles. The van der Waals surface area contributed by atoms with Crippen LogP contribution in [-0.2, 0) is 11.2 Å². The SMILES string of the molecule is CN=C(NCCc1cccs1)NCC1CN2CCCC2CO1.I. The van der Waals surface area contributed by atoms with E-state index in [2.05, 4.69) is 38.0 Å². The Morgan fingerprint density at radius 3 is 3.17 bits per heavy atom. The number of ether oxygens (including phenoxy) is 1. The number of fused-ring (bicyclic) bond motifs is 1. The van der Waals surface area contributed by atoms with E-state index in [-0.39, 0.29) is 30.1 Å². The van der Waals surface area contributed by atoms with Gasteiger partial charge >= 0.3 is 0 Å². The van der Waals surface area contributed by atoms with E-state index in [4.69, 9.17) is 4.74 Å². The molecule has 5 nitrogen and oxygen atoms in total. The lowest BCUT2D eigenvalue weighted by Gasteiger charge is -2.35. The highest BCUT2D eigenvalue weighted by Gasteiger charge is 2.31. The fourth-order valence-corrected chi connectivity index (χ4v) is 3.91. The summed E-state index contributed by atoms with van der Waals surface area (Å²) >= 11 is 1.80. The minimum Gasteiger partial charge on any atom is -0.373 e. The number of nitrogens with zero attached hydrogens (tertiary/aromatic N) is 2. The van der Waals surface area contributed by atoms with Gasteiger partial charge in [-0.2, -0.15) is 0 Å².